The predicted octanol–water partition coefficient (Wildman–Crippen LogP) is 1.21. The molecule has 1 amide bonds. The SMILES string of the molecule is O=C1CCC(c2ccccc2[N+](=O)[O-])=NN1. The largest absolute Gasteiger partial charge is 0.278 e. The van der Waals surface area contributed by atoms with Gasteiger partial charge in [-0.15, -0.1) is 0 Å². The number of nitrogens with zero attached hydrogens (tertiary/aromatic N) is 2. The molecule has 0 fully saturated rings. The van der Waals surface area contributed by atoms with Crippen molar-refractivity contribution in [2.75, 3.05) is 0 Å². The van der Waals surface area contributed by atoms with E-state index in [2.05, 4.69) is 10.5 Å². The number of hydrogen-bond acceptors (Lipinski definition) is 4. The van der Waals surface area contributed by atoms with Gasteiger partial charge in [-0.1, -0.05) is 12.1 Å². The topological polar surface area (TPSA) is 84.6 Å². The lowest BCUT2D eigenvalue weighted by atomic mass is 10.0. The minimum Gasteiger partial charge on any atom is -0.273 e. The van der Waals surface area contributed by atoms with Crippen LogP contribution in [0.3, 0.4) is 0 Å². The first-order valence-corrected chi connectivity index (χ1v) is 4.77. The van der Waals surface area contributed by atoms with Crippen molar-refractivity contribution < 1.29 is 9.72 Å². The summed E-state index contributed by atoms with van der Waals surface area (Å²) in [6, 6.07) is 6.37. The van der Waals surface area contributed by atoms with E-state index < -0.39 is 4.92 Å². The zero-order valence-corrected chi connectivity index (χ0v) is 8.34. The number of carbonyl (C=O) groups is 1. The summed E-state index contributed by atoms with van der Waals surface area (Å²) in [5, 5.41) is 14.6. The average molecular weight is 219 g/mol. The van der Waals surface area contributed by atoms with Gasteiger partial charge in [0.1, 0.15) is 0 Å². The molecule has 0 saturated carbocycles. The molecule has 0 aromatic heterocycles. The van der Waals surface area contributed by atoms with Crippen LogP contribution in [0.4, 0.5) is 5.69 Å². The predicted molar refractivity (Wildman–Crippen MR) is 57.0 cm³/mol. The molecule has 1 aromatic carbocycles. The van der Waals surface area contributed by atoms with Gasteiger partial charge in [0.25, 0.3) is 5.69 Å². The minimum atomic E-state index is -0.450. The fourth-order valence-corrected chi connectivity index (χ4v) is 1.55. The molecule has 0 unspecified atom stereocenters. The van der Waals surface area contributed by atoms with Gasteiger partial charge in [0.05, 0.1) is 16.2 Å². The molecule has 1 aromatic rings. The highest BCUT2D eigenvalue weighted by molar-refractivity contribution is 6.06. The van der Waals surface area contributed by atoms with Crippen LogP contribution in [-0.2, 0) is 4.79 Å². The molecule has 6 nitrogen and oxygen atoms in total. The van der Waals surface area contributed by atoms with Crippen molar-refractivity contribution in [1.29, 1.82) is 0 Å². The van der Waals surface area contributed by atoms with E-state index in [4.69, 9.17) is 0 Å². The second kappa shape index (κ2) is 4.09. The molecule has 1 N–H and O–H groups in total. The van der Waals surface area contributed by atoms with Gasteiger partial charge in [0, 0.05) is 18.9 Å². The van der Waals surface area contributed by atoms with Gasteiger partial charge in [-0.3, -0.25) is 14.9 Å². The van der Waals surface area contributed by atoms with Gasteiger partial charge in [0.15, 0.2) is 0 Å². The number of hydrazone groups is 1. The molecule has 1 aliphatic rings. The highest BCUT2D eigenvalue weighted by Crippen LogP contribution is 2.21. The van der Waals surface area contributed by atoms with Crippen LogP contribution in [-0.4, -0.2) is 16.5 Å². The van der Waals surface area contributed by atoms with Crippen LogP contribution in [0.5, 0.6) is 0 Å². The normalized spacial score (nSPS) is 15.2. The lowest BCUT2D eigenvalue weighted by molar-refractivity contribution is -0.385. The molecule has 1 heterocycles. The lowest BCUT2D eigenvalue weighted by Gasteiger charge is -2.11. The molecule has 0 radical (unpaired) electrons. The summed E-state index contributed by atoms with van der Waals surface area (Å²) in [4.78, 5) is 21.2. The molecule has 2 rings (SSSR count). The second-order valence-corrected chi connectivity index (χ2v) is 3.37. The van der Waals surface area contributed by atoms with Gasteiger partial charge in [-0.2, -0.15) is 5.10 Å². The van der Waals surface area contributed by atoms with Gasteiger partial charge in [0.2, 0.25) is 5.91 Å². The van der Waals surface area contributed by atoms with E-state index in [1.54, 1.807) is 18.2 Å². The first-order chi connectivity index (χ1) is 7.68. The van der Waals surface area contributed by atoms with E-state index in [1.165, 1.54) is 6.07 Å². The summed E-state index contributed by atoms with van der Waals surface area (Å²) in [7, 11) is 0. The van der Waals surface area contributed by atoms with Crippen molar-refractivity contribution in [1.82, 2.24) is 5.43 Å². The van der Waals surface area contributed by atoms with Crippen LogP contribution in [0.25, 0.3) is 0 Å². The van der Waals surface area contributed by atoms with Crippen molar-refractivity contribution in [3.05, 3.63) is 39.9 Å². The summed E-state index contributed by atoms with van der Waals surface area (Å²) in [5.74, 6) is -0.165. The summed E-state index contributed by atoms with van der Waals surface area (Å²) in [5.41, 5.74) is 3.35. The smallest absolute Gasteiger partial charge is 0.273 e. The second-order valence-electron chi connectivity index (χ2n) is 3.37. The monoisotopic (exact) mass is 219 g/mol. The number of nitro groups is 1. The summed E-state index contributed by atoms with van der Waals surface area (Å²) in [6.45, 7) is 0. The van der Waals surface area contributed by atoms with E-state index in [9.17, 15) is 14.9 Å². The Morgan fingerprint density at radius 1 is 1.31 bits per heavy atom. The van der Waals surface area contributed by atoms with Crippen molar-refractivity contribution in [2.24, 2.45) is 5.10 Å². The molecule has 0 saturated heterocycles. The number of nitro benzene ring substituents is 1. The Morgan fingerprint density at radius 3 is 2.69 bits per heavy atom. The Hall–Kier alpha value is -2.24. The minimum absolute atomic E-state index is 0.0115. The third kappa shape index (κ3) is 1.90. The molecule has 6 heteroatoms. The third-order valence-electron chi connectivity index (χ3n) is 2.32. The quantitative estimate of drug-likeness (QED) is 0.599. The maximum Gasteiger partial charge on any atom is 0.278 e. The molecule has 0 aliphatic carbocycles. The van der Waals surface area contributed by atoms with Gasteiger partial charge in [-0.05, 0) is 6.07 Å². The van der Waals surface area contributed by atoms with Gasteiger partial charge >= 0.3 is 0 Å². The number of rotatable bonds is 2. The van der Waals surface area contributed by atoms with E-state index >= 15 is 0 Å². The van der Waals surface area contributed by atoms with Crippen molar-refractivity contribution in [3.8, 4) is 0 Å². The summed E-state index contributed by atoms with van der Waals surface area (Å²) < 4.78 is 0. The summed E-state index contributed by atoms with van der Waals surface area (Å²) >= 11 is 0. The van der Waals surface area contributed by atoms with Crippen LogP contribution >= 0.6 is 0 Å². The van der Waals surface area contributed by atoms with Crippen molar-refractivity contribution in [3.63, 3.8) is 0 Å². The number of benzene rings is 1. The number of para-hydroxylation sites is 1. The highest BCUT2D eigenvalue weighted by Gasteiger charge is 2.20. The van der Waals surface area contributed by atoms with Gasteiger partial charge < -0.3 is 0 Å². The molecule has 1 aliphatic heterocycles. The first kappa shape index (κ1) is 10.3. The molecular formula is C10H9N3O3. The van der Waals surface area contributed by atoms with E-state index in [0.717, 1.165) is 0 Å². The lowest BCUT2D eigenvalue weighted by Crippen LogP contribution is -2.26. The van der Waals surface area contributed by atoms with Crippen LogP contribution in [0.15, 0.2) is 29.4 Å². The van der Waals surface area contributed by atoms with Crippen LogP contribution in [0.2, 0.25) is 0 Å². The number of nitrogens with one attached hydrogen (secondary N) is 1. The Bertz CT molecular complexity index is 482. The van der Waals surface area contributed by atoms with E-state index in [-0.39, 0.29) is 11.6 Å². The highest BCUT2D eigenvalue weighted by atomic mass is 16.6. The Labute approximate surface area is 91.1 Å². The zero-order chi connectivity index (χ0) is 11.5. The van der Waals surface area contributed by atoms with Crippen LogP contribution in [0, 0.1) is 10.1 Å². The Balaban J connectivity index is 2.40. The first-order valence-electron chi connectivity index (χ1n) is 4.77. The van der Waals surface area contributed by atoms with Crippen LogP contribution < -0.4 is 5.43 Å². The number of carbonyl (C=O) groups excluding carboxylic acids is 1. The maximum absolute atomic E-state index is 10.9. The van der Waals surface area contributed by atoms with Crippen molar-refractivity contribution >= 4 is 17.3 Å². The molecule has 0 spiro atoms. The molecule has 82 valence electrons. The third-order valence-corrected chi connectivity index (χ3v) is 2.32. The van der Waals surface area contributed by atoms with Crippen LogP contribution in [0.1, 0.15) is 18.4 Å². The molecule has 16 heavy (non-hydrogen) atoms. The molecule has 0 bridgehead atoms. The maximum atomic E-state index is 10.9. The Kier molecular flexibility index (Phi) is 2.63. The van der Waals surface area contributed by atoms with E-state index in [0.29, 0.717) is 24.1 Å². The fraction of sp³-hybridized carbons (Fsp3) is 0.200. The summed E-state index contributed by atoms with van der Waals surface area (Å²) in [6.07, 6.45) is 0.738. The molecular weight excluding hydrogens is 210 g/mol. The fourth-order valence-electron chi connectivity index (χ4n) is 1.55. The number of amides is 1. The standard InChI is InChI=1S/C10H9N3O3/c14-10-6-5-8(11-12-10)7-3-1-2-4-9(7)13(15)16/h1-4H,5-6H2,(H,12,14). The van der Waals surface area contributed by atoms with Gasteiger partial charge in [-0.25, -0.2) is 5.43 Å². The number of hydrogen-bond donors (Lipinski definition) is 1. The average Bonchev–Trinajstić information content (AvgIpc) is 2.30. The Morgan fingerprint density at radius 2 is 2.06 bits per heavy atom. The van der Waals surface area contributed by atoms with Crippen molar-refractivity contribution in [2.45, 2.75) is 12.8 Å². The zero-order valence-electron chi connectivity index (χ0n) is 8.34. The van der Waals surface area contributed by atoms with E-state index in [1.807, 2.05) is 0 Å². The molecule has 0 atom stereocenters.